The van der Waals surface area contributed by atoms with Crippen molar-refractivity contribution in [3.05, 3.63) is 136 Å². The molecule has 0 saturated carbocycles. The van der Waals surface area contributed by atoms with E-state index in [4.69, 9.17) is 11.6 Å². The molecule has 0 aromatic heterocycles. The highest BCUT2D eigenvalue weighted by molar-refractivity contribution is 6.30. The van der Waals surface area contributed by atoms with Crippen LogP contribution in [0.15, 0.2) is 103 Å². The summed E-state index contributed by atoms with van der Waals surface area (Å²) in [6.07, 6.45) is 0.918. The van der Waals surface area contributed by atoms with Gasteiger partial charge in [-0.2, -0.15) is 0 Å². The zero-order valence-corrected chi connectivity index (χ0v) is 19.8. The van der Waals surface area contributed by atoms with E-state index in [1.54, 1.807) is 0 Å². The molecule has 1 aliphatic heterocycles. The van der Waals surface area contributed by atoms with Crippen LogP contribution in [-0.4, -0.2) is 18.1 Å². The summed E-state index contributed by atoms with van der Waals surface area (Å²) in [4.78, 5) is 4.73. The van der Waals surface area contributed by atoms with Gasteiger partial charge in [-0.15, -0.1) is 0 Å². The predicted octanol–water partition coefficient (Wildman–Crippen LogP) is 7.64. The van der Waals surface area contributed by atoms with E-state index in [0.29, 0.717) is 11.7 Å². The lowest BCUT2D eigenvalue weighted by Crippen LogP contribution is -2.29. The minimum absolute atomic E-state index is 0.235. The van der Waals surface area contributed by atoms with Crippen LogP contribution in [-0.2, 0) is 6.42 Å². The van der Waals surface area contributed by atoms with Crippen molar-refractivity contribution in [3.8, 4) is 0 Å². The van der Waals surface area contributed by atoms with Gasteiger partial charge in [0.15, 0.2) is 0 Å². The monoisotopic (exact) mass is 469 g/mol. The van der Waals surface area contributed by atoms with Crippen LogP contribution in [0.1, 0.15) is 22.3 Å². The summed E-state index contributed by atoms with van der Waals surface area (Å²) in [5.41, 5.74) is 7.90. The molecular weight excluding hydrogens is 444 g/mol. The molecular formula is C30H26ClFN2. The Hall–Kier alpha value is -3.56. The Morgan fingerprint density at radius 2 is 1.35 bits per heavy atom. The zero-order valence-electron chi connectivity index (χ0n) is 19.1. The molecule has 0 atom stereocenters. The number of hydrogen-bond donors (Lipinski definition) is 0. The van der Waals surface area contributed by atoms with Crippen molar-refractivity contribution in [1.29, 1.82) is 0 Å². The molecule has 1 aliphatic rings. The first-order valence-corrected chi connectivity index (χ1v) is 11.9. The molecule has 34 heavy (non-hydrogen) atoms. The molecule has 0 spiro atoms. The zero-order chi connectivity index (χ0) is 23.5. The predicted molar refractivity (Wildman–Crippen MR) is 140 cm³/mol. The van der Waals surface area contributed by atoms with Gasteiger partial charge in [-0.1, -0.05) is 71.8 Å². The molecule has 4 heteroatoms. The first kappa shape index (κ1) is 22.2. The maximum atomic E-state index is 13.8. The average molecular weight is 470 g/mol. The molecule has 2 nitrogen and oxygen atoms in total. The minimum Gasteiger partial charge on any atom is -0.351 e. The van der Waals surface area contributed by atoms with Crippen LogP contribution < -0.4 is 4.90 Å². The molecule has 0 saturated heterocycles. The molecule has 0 N–H and O–H groups in total. The first-order chi connectivity index (χ1) is 16.6. The average Bonchev–Trinajstić information content (AvgIpc) is 3.24. The number of benzene rings is 4. The Morgan fingerprint density at radius 3 is 2.03 bits per heavy atom. The van der Waals surface area contributed by atoms with E-state index in [1.807, 2.05) is 30.3 Å². The molecule has 0 radical (unpaired) electrons. The van der Waals surface area contributed by atoms with Gasteiger partial charge in [0, 0.05) is 28.4 Å². The lowest BCUT2D eigenvalue weighted by Gasteiger charge is -2.25. The maximum Gasteiger partial charge on any atom is 0.123 e. The Labute approximate surface area is 205 Å². The van der Waals surface area contributed by atoms with Crippen LogP contribution in [0.2, 0.25) is 5.02 Å². The fraction of sp³-hybridized carbons (Fsp3) is 0.133. The maximum absolute atomic E-state index is 13.8. The van der Waals surface area contributed by atoms with E-state index in [9.17, 15) is 4.39 Å². The van der Waals surface area contributed by atoms with Crippen LogP contribution in [0.25, 0.3) is 11.4 Å². The quantitative estimate of drug-likeness (QED) is 0.268. The smallest absolute Gasteiger partial charge is 0.123 e. The van der Waals surface area contributed by atoms with Crippen LogP contribution in [0.3, 0.4) is 0 Å². The van der Waals surface area contributed by atoms with E-state index in [-0.39, 0.29) is 5.82 Å². The SMILES string of the molecule is Cc1ccc(N2[13CH2]N(CCc3ccccc3)C(c3ccc(F)cc3)=C2c2ccc(Cl)cc2)cc1. The van der Waals surface area contributed by atoms with Crippen LogP contribution in [0.4, 0.5) is 10.1 Å². The summed E-state index contributed by atoms with van der Waals surface area (Å²) in [6, 6.07) is 33.9. The number of anilines is 1. The number of halogens is 2. The topological polar surface area (TPSA) is 6.48 Å². The lowest BCUT2D eigenvalue weighted by atomic mass is 10.0. The Kier molecular flexibility index (Phi) is 6.37. The summed E-state index contributed by atoms with van der Waals surface area (Å²) in [6.45, 7) is 3.65. The van der Waals surface area contributed by atoms with E-state index < -0.39 is 0 Å². The van der Waals surface area contributed by atoms with Gasteiger partial charge < -0.3 is 9.80 Å². The molecule has 0 amide bonds. The van der Waals surface area contributed by atoms with Gasteiger partial charge in [-0.05, 0) is 67.4 Å². The van der Waals surface area contributed by atoms with E-state index >= 15 is 0 Å². The van der Waals surface area contributed by atoms with Crippen LogP contribution >= 0.6 is 11.6 Å². The Morgan fingerprint density at radius 1 is 0.735 bits per heavy atom. The van der Waals surface area contributed by atoms with Gasteiger partial charge in [0.25, 0.3) is 0 Å². The largest absolute Gasteiger partial charge is 0.351 e. The second-order valence-corrected chi connectivity index (χ2v) is 9.05. The van der Waals surface area contributed by atoms with Gasteiger partial charge in [0.1, 0.15) is 5.82 Å². The fourth-order valence-corrected chi connectivity index (χ4v) is 4.57. The number of rotatable bonds is 6. The van der Waals surface area contributed by atoms with E-state index in [1.165, 1.54) is 23.3 Å². The Bertz CT molecular complexity index is 1280. The third-order valence-corrected chi connectivity index (χ3v) is 6.47. The molecule has 5 rings (SSSR count). The van der Waals surface area contributed by atoms with Crippen molar-refractivity contribution < 1.29 is 4.39 Å². The van der Waals surface area contributed by atoms with E-state index in [2.05, 4.69) is 77.4 Å². The van der Waals surface area contributed by atoms with Crippen molar-refractivity contribution in [2.75, 3.05) is 18.1 Å². The van der Waals surface area contributed by atoms with Crippen LogP contribution in [0, 0.1) is 12.7 Å². The highest BCUT2D eigenvalue weighted by Crippen LogP contribution is 2.41. The highest BCUT2D eigenvalue weighted by atomic mass is 35.5. The normalized spacial score (nSPS) is 13.6. The van der Waals surface area contributed by atoms with Crippen molar-refractivity contribution in [2.24, 2.45) is 0 Å². The number of nitrogens with zero attached hydrogens (tertiary/aromatic N) is 2. The molecule has 4 aromatic rings. The van der Waals surface area contributed by atoms with Crippen molar-refractivity contribution in [3.63, 3.8) is 0 Å². The fourth-order valence-electron chi connectivity index (χ4n) is 4.44. The number of hydrogen-bond acceptors (Lipinski definition) is 2. The molecule has 1 heterocycles. The summed E-state index contributed by atoms with van der Waals surface area (Å²) >= 11 is 6.22. The third kappa shape index (κ3) is 4.71. The summed E-state index contributed by atoms with van der Waals surface area (Å²) in [5.74, 6) is -0.235. The van der Waals surface area contributed by atoms with Crippen molar-refractivity contribution in [2.45, 2.75) is 13.3 Å². The molecule has 170 valence electrons. The molecule has 0 unspecified atom stereocenters. The van der Waals surface area contributed by atoms with Crippen LogP contribution in [0.5, 0.6) is 0 Å². The minimum atomic E-state index is -0.235. The summed E-state index contributed by atoms with van der Waals surface area (Å²) < 4.78 is 13.8. The van der Waals surface area contributed by atoms with Gasteiger partial charge >= 0.3 is 0 Å². The first-order valence-electron chi connectivity index (χ1n) is 11.5. The Balaban J connectivity index is 1.64. The summed E-state index contributed by atoms with van der Waals surface area (Å²) in [5, 5.41) is 0.702. The lowest BCUT2D eigenvalue weighted by molar-refractivity contribution is 0.430. The second-order valence-electron chi connectivity index (χ2n) is 8.62. The molecule has 0 bridgehead atoms. The molecule has 4 aromatic carbocycles. The summed E-state index contributed by atoms with van der Waals surface area (Å²) in [7, 11) is 0. The van der Waals surface area contributed by atoms with E-state index in [0.717, 1.165) is 41.2 Å². The highest BCUT2D eigenvalue weighted by Gasteiger charge is 2.31. The van der Waals surface area contributed by atoms with Gasteiger partial charge in [0.2, 0.25) is 0 Å². The van der Waals surface area contributed by atoms with Crippen molar-refractivity contribution in [1.82, 2.24) is 4.90 Å². The van der Waals surface area contributed by atoms with Crippen molar-refractivity contribution >= 4 is 28.7 Å². The molecule has 0 fully saturated rings. The van der Waals surface area contributed by atoms with Gasteiger partial charge in [-0.3, -0.25) is 0 Å². The molecule has 0 aliphatic carbocycles. The van der Waals surface area contributed by atoms with Gasteiger partial charge in [0.05, 0.1) is 18.1 Å². The van der Waals surface area contributed by atoms with Gasteiger partial charge in [-0.25, -0.2) is 4.39 Å². The third-order valence-electron chi connectivity index (χ3n) is 6.22. The number of aryl methyl sites for hydroxylation is 1. The standard InChI is InChI=1S/C30H26ClFN2/c1-22-7-17-28(18-8-22)34-21-33(20-19-23-5-3-2-4-6-23)29(24-11-15-27(32)16-12-24)30(34)25-9-13-26(31)14-10-25/h2-18H,19-21H2,1H3/i21+1. The second kappa shape index (κ2) is 9.74.